The molecular weight excluding hydrogens is 472 g/mol. The van der Waals surface area contributed by atoms with Gasteiger partial charge in [0.05, 0.1) is 0 Å². The van der Waals surface area contributed by atoms with E-state index in [4.69, 9.17) is 10.5 Å². The molecule has 3 rings (SSSR count). The number of hydrogen-bond acceptors (Lipinski definition) is 5. The van der Waals surface area contributed by atoms with Crippen molar-refractivity contribution in [1.82, 2.24) is 4.98 Å². The van der Waals surface area contributed by atoms with Gasteiger partial charge in [-0.1, -0.05) is 13.0 Å². The topological polar surface area (TPSA) is 104 Å². The molecule has 1 saturated heterocycles. The summed E-state index contributed by atoms with van der Waals surface area (Å²) in [6, 6.07) is 4.76. The van der Waals surface area contributed by atoms with E-state index in [1.165, 1.54) is 6.07 Å². The highest BCUT2D eigenvalue weighted by molar-refractivity contribution is 5.97. The highest BCUT2D eigenvalue weighted by Gasteiger charge is 2.65. The van der Waals surface area contributed by atoms with Crippen LogP contribution in [0.15, 0.2) is 36.5 Å². The Kier molecular flexibility index (Phi) is 6.78. The molecule has 1 fully saturated rings. The molecule has 3 N–H and O–H groups in total. The van der Waals surface area contributed by atoms with E-state index in [1.807, 2.05) is 0 Å². The van der Waals surface area contributed by atoms with E-state index < -0.39 is 59.7 Å². The van der Waals surface area contributed by atoms with Crippen molar-refractivity contribution in [2.75, 3.05) is 5.32 Å². The van der Waals surface area contributed by atoms with Crippen molar-refractivity contribution in [3.63, 3.8) is 0 Å². The van der Waals surface area contributed by atoms with Crippen LogP contribution in [0.5, 0.6) is 5.75 Å². The van der Waals surface area contributed by atoms with Gasteiger partial charge in [-0.25, -0.2) is 4.39 Å². The van der Waals surface area contributed by atoms with Crippen LogP contribution in [0, 0.1) is 11.7 Å². The number of primary amides is 1. The quantitative estimate of drug-likeness (QED) is 0.595. The Labute approximate surface area is 189 Å². The molecule has 7 nitrogen and oxygen atoms in total. The Balaban J connectivity index is 2.06. The van der Waals surface area contributed by atoms with Crippen LogP contribution < -0.4 is 15.8 Å². The van der Waals surface area contributed by atoms with Crippen LogP contribution in [0.1, 0.15) is 35.8 Å². The predicted octanol–water partition coefficient (Wildman–Crippen LogP) is 4.00. The van der Waals surface area contributed by atoms with Gasteiger partial charge in [0.2, 0.25) is 0 Å². The number of benzene rings is 1. The number of halogens is 6. The lowest BCUT2D eigenvalue weighted by atomic mass is 9.77. The van der Waals surface area contributed by atoms with Crippen molar-refractivity contribution in [2.45, 2.75) is 44.3 Å². The van der Waals surface area contributed by atoms with Crippen molar-refractivity contribution >= 4 is 17.5 Å². The summed E-state index contributed by atoms with van der Waals surface area (Å²) in [5, 5.41) is 2.32. The molecule has 1 aromatic heterocycles. The number of nitrogens with zero attached hydrogens (tertiary/aromatic N) is 1. The molecule has 0 bridgehead atoms. The van der Waals surface area contributed by atoms with Gasteiger partial charge in [-0.05, 0) is 25.1 Å². The molecule has 1 aliphatic heterocycles. The maximum absolute atomic E-state index is 13.9. The number of carbonyl (C=O) groups is 2. The second-order valence-electron chi connectivity index (χ2n) is 7.80. The van der Waals surface area contributed by atoms with Crippen molar-refractivity contribution in [3.05, 3.63) is 53.6 Å². The Hall–Kier alpha value is -3.35. The number of anilines is 1. The maximum atomic E-state index is 13.9. The SMILES string of the molecule is C[C@@H]1[C@H](c2ccc(F)cc2OC(F)F)[C@H](C(=O)Nc2ccnc(C(N)=O)c2)O[C@@]1(C)C(F)(F)F. The first-order chi connectivity index (χ1) is 15.7. The second-order valence-corrected chi connectivity index (χ2v) is 7.80. The molecule has 1 aliphatic rings. The molecule has 0 saturated carbocycles. The third kappa shape index (κ3) is 4.79. The molecule has 4 atom stereocenters. The first kappa shape index (κ1) is 25.3. The van der Waals surface area contributed by atoms with E-state index in [9.17, 15) is 35.9 Å². The van der Waals surface area contributed by atoms with E-state index in [1.54, 1.807) is 0 Å². The number of aromatic nitrogens is 1. The number of nitrogens with one attached hydrogen (secondary N) is 1. The summed E-state index contributed by atoms with van der Waals surface area (Å²) in [5.41, 5.74) is 1.77. The summed E-state index contributed by atoms with van der Waals surface area (Å²) in [6.45, 7) is -1.53. The first-order valence-corrected chi connectivity index (χ1v) is 9.80. The summed E-state index contributed by atoms with van der Waals surface area (Å²) in [5.74, 6) is -6.62. The predicted molar refractivity (Wildman–Crippen MR) is 106 cm³/mol. The van der Waals surface area contributed by atoms with Crippen LogP contribution in [-0.4, -0.2) is 41.3 Å². The second kappa shape index (κ2) is 9.12. The van der Waals surface area contributed by atoms with E-state index in [2.05, 4.69) is 15.0 Å². The van der Waals surface area contributed by atoms with Gasteiger partial charge in [-0.3, -0.25) is 14.6 Å². The largest absolute Gasteiger partial charge is 0.434 e. The molecule has 2 heterocycles. The molecule has 0 radical (unpaired) electrons. The molecule has 2 amide bonds. The number of carbonyl (C=O) groups excluding carboxylic acids is 2. The molecule has 184 valence electrons. The number of nitrogens with two attached hydrogens (primary N) is 1. The third-order valence-electron chi connectivity index (χ3n) is 5.76. The van der Waals surface area contributed by atoms with Gasteiger partial charge in [0.1, 0.15) is 23.4 Å². The summed E-state index contributed by atoms with van der Waals surface area (Å²) in [4.78, 5) is 28.0. The average Bonchev–Trinajstić information content (AvgIpc) is 3.00. The van der Waals surface area contributed by atoms with Gasteiger partial charge in [0.25, 0.3) is 11.8 Å². The first-order valence-electron chi connectivity index (χ1n) is 9.80. The zero-order valence-corrected chi connectivity index (χ0v) is 17.7. The van der Waals surface area contributed by atoms with Crippen LogP contribution in [0.2, 0.25) is 0 Å². The monoisotopic (exact) mass is 491 g/mol. The Bertz CT molecular complexity index is 1100. The standard InChI is InChI=1S/C21H19F6N3O4/c1-9-15(12-4-3-10(22)7-14(12)33-19(23)24)16(34-20(9,2)21(25,26)27)18(32)30-11-5-6-29-13(8-11)17(28)31/h3-9,15-16,19H,1-2H3,(H2,28,31)(H,29,30,32)/t9-,15-,16-,20-/m1/s1. The summed E-state index contributed by atoms with van der Waals surface area (Å²) in [7, 11) is 0. The van der Waals surface area contributed by atoms with E-state index in [0.29, 0.717) is 6.07 Å². The number of alkyl halides is 5. The van der Waals surface area contributed by atoms with Crippen LogP contribution in [-0.2, 0) is 9.53 Å². The zero-order chi connectivity index (χ0) is 25.4. The van der Waals surface area contributed by atoms with Crippen molar-refractivity contribution in [1.29, 1.82) is 0 Å². The minimum atomic E-state index is -4.95. The maximum Gasteiger partial charge on any atom is 0.417 e. The lowest BCUT2D eigenvalue weighted by Crippen LogP contribution is -2.47. The molecular formula is C21H19F6N3O4. The molecule has 2 aromatic rings. The van der Waals surface area contributed by atoms with Crippen LogP contribution in [0.25, 0.3) is 0 Å². The van der Waals surface area contributed by atoms with Gasteiger partial charge in [0.15, 0.2) is 5.60 Å². The summed E-state index contributed by atoms with van der Waals surface area (Å²) < 4.78 is 90.9. The van der Waals surface area contributed by atoms with E-state index in [-0.39, 0.29) is 16.9 Å². The fourth-order valence-corrected chi connectivity index (χ4v) is 3.86. The normalized spacial score (nSPS) is 24.8. The Morgan fingerprint density at radius 1 is 1.24 bits per heavy atom. The van der Waals surface area contributed by atoms with Gasteiger partial charge in [0, 0.05) is 35.3 Å². The molecule has 13 heteroatoms. The van der Waals surface area contributed by atoms with Crippen LogP contribution >= 0.6 is 0 Å². The van der Waals surface area contributed by atoms with Crippen LogP contribution in [0.3, 0.4) is 0 Å². The molecule has 34 heavy (non-hydrogen) atoms. The van der Waals surface area contributed by atoms with Gasteiger partial charge in [-0.2, -0.15) is 22.0 Å². The fraction of sp³-hybridized carbons (Fsp3) is 0.381. The zero-order valence-electron chi connectivity index (χ0n) is 17.7. The average molecular weight is 491 g/mol. The van der Waals surface area contributed by atoms with Gasteiger partial charge >= 0.3 is 12.8 Å². The summed E-state index contributed by atoms with van der Waals surface area (Å²) in [6.07, 6.45) is -5.66. The van der Waals surface area contributed by atoms with Gasteiger partial charge < -0.3 is 20.5 Å². The Morgan fingerprint density at radius 3 is 2.50 bits per heavy atom. The number of rotatable bonds is 6. The Morgan fingerprint density at radius 2 is 1.91 bits per heavy atom. The number of pyridine rings is 1. The number of hydrogen-bond donors (Lipinski definition) is 2. The number of ether oxygens (including phenoxy) is 2. The van der Waals surface area contributed by atoms with Crippen molar-refractivity contribution in [3.8, 4) is 5.75 Å². The minimum Gasteiger partial charge on any atom is -0.434 e. The summed E-state index contributed by atoms with van der Waals surface area (Å²) >= 11 is 0. The van der Waals surface area contributed by atoms with Crippen LogP contribution in [0.4, 0.5) is 32.0 Å². The molecule has 0 unspecified atom stereocenters. The minimum absolute atomic E-state index is 0.0208. The fourth-order valence-electron chi connectivity index (χ4n) is 3.86. The lowest BCUT2D eigenvalue weighted by molar-refractivity contribution is -0.272. The van der Waals surface area contributed by atoms with E-state index >= 15 is 0 Å². The third-order valence-corrected chi connectivity index (χ3v) is 5.76. The molecule has 0 aliphatic carbocycles. The number of amides is 2. The smallest absolute Gasteiger partial charge is 0.417 e. The molecule has 1 aromatic carbocycles. The highest BCUT2D eigenvalue weighted by Crippen LogP contribution is 2.54. The van der Waals surface area contributed by atoms with Crippen molar-refractivity contribution < 1.29 is 45.4 Å². The lowest BCUT2D eigenvalue weighted by Gasteiger charge is -2.32. The van der Waals surface area contributed by atoms with Crippen molar-refractivity contribution in [2.24, 2.45) is 11.7 Å². The highest BCUT2D eigenvalue weighted by atomic mass is 19.4. The van der Waals surface area contributed by atoms with E-state index in [0.717, 1.165) is 38.2 Å². The van der Waals surface area contributed by atoms with Gasteiger partial charge in [-0.15, -0.1) is 0 Å². The molecule has 0 spiro atoms.